The number of rotatable bonds is 3. The van der Waals surface area contributed by atoms with E-state index in [0.717, 1.165) is 6.07 Å². The van der Waals surface area contributed by atoms with Gasteiger partial charge in [-0.05, 0) is 18.2 Å². The Kier molecular flexibility index (Phi) is 5.31. The minimum atomic E-state index is -0.494. The first-order valence-corrected chi connectivity index (χ1v) is 5.42. The Morgan fingerprint density at radius 1 is 1.50 bits per heavy atom. The number of nitrogens with one attached hydrogen (secondary N) is 1. The van der Waals surface area contributed by atoms with E-state index in [0.29, 0.717) is 12.0 Å². The van der Waals surface area contributed by atoms with Gasteiger partial charge in [0.05, 0.1) is 12.2 Å². The highest BCUT2D eigenvalue weighted by atomic mass is 19.1. The van der Waals surface area contributed by atoms with Gasteiger partial charge in [0, 0.05) is 26.1 Å². The van der Waals surface area contributed by atoms with Crippen LogP contribution in [0.25, 0.3) is 0 Å². The monoisotopic (exact) mass is 250 g/mol. The SMILES string of the molecule is CN(C)NC(=O)c1cc(F)ccc1C#CCCO. The molecule has 0 aliphatic heterocycles. The summed E-state index contributed by atoms with van der Waals surface area (Å²) in [5.74, 6) is 4.53. The van der Waals surface area contributed by atoms with Crippen LogP contribution in [0.4, 0.5) is 4.39 Å². The van der Waals surface area contributed by atoms with Crippen molar-refractivity contribution in [1.82, 2.24) is 10.4 Å². The molecule has 0 spiro atoms. The van der Waals surface area contributed by atoms with Crippen LogP contribution in [0.3, 0.4) is 0 Å². The Labute approximate surface area is 105 Å². The van der Waals surface area contributed by atoms with Gasteiger partial charge in [0.1, 0.15) is 5.82 Å². The van der Waals surface area contributed by atoms with Crippen molar-refractivity contribution in [2.24, 2.45) is 0 Å². The number of carbonyl (C=O) groups excluding carboxylic acids is 1. The van der Waals surface area contributed by atoms with Crippen molar-refractivity contribution in [3.05, 3.63) is 35.1 Å². The molecule has 2 N–H and O–H groups in total. The van der Waals surface area contributed by atoms with E-state index in [4.69, 9.17) is 5.11 Å². The van der Waals surface area contributed by atoms with Crippen molar-refractivity contribution < 1.29 is 14.3 Å². The van der Waals surface area contributed by atoms with Crippen LogP contribution < -0.4 is 5.43 Å². The molecule has 18 heavy (non-hydrogen) atoms. The summed E-state index contributed by atoms with van der Waals surface area (Å²) in [5.41, 5.74) is 3.14. The summed E-state index contributed by atoms with van der Waals surface area (Å²) in [6.45, 7) is -0.0482. The number of aliphatic hydroxyl groups excluding tert-OH is 1. The number of benzene rings is 1. The van der Waals surface area contributed by atoms with Crippen LogP contribution in [0.2, 0.25) is 0 Å². The third kappa shape index (κ3) is 4.17. The zero-order chi connectivity index (χ0) is 13.5. The van der Waals surface area contributed by atoms with Gasteiger partial charge >= 0.3 is 0 Å². The van der Waals surface area contributed by atoms with Crippen LogP contribution >= 0.6 is 0 Å². The highest BCUT2D eigenvalue weighted by Gasteiger charge is 2.11. The van der Waals surface area contributed by atoms with Crippen molar-refractivity contribution in [3.63, 3.8) is 0 Å². The van der Waals surface area contributed by atoms with Crippen LogP contribution in [0.15, 0.2) is 18.2 Å². The van der Waals surface area contributed by atoms with Gasteiger partial charge in [-0.25, -0.2) is 9.40 Å². The van der Waals surface area contributed by atoms with Crippen molar-refractivity contribution in [3.8, 4) is 11.8 Å². The average molecular weight is 250 g/mol. The van der Waals surface area contributed by atoms with Gasteiger partial charge < -0.3 is 5.11 Å². The first-order chi connectivity index (χ1) is 8.54. The van der Waals surface area contributed by atoms with Crippen LogP contribution in [0, 0.1) is 17.7 Å². The lowest BCUT2D eigenvalue weighted by atomic mass is 10.1. The number of nitrogens with zero attached hydrogens (tertiary/aromatic N) is 1. The Bertz CT molecular complexity index is 489. The van der Waals surface area contributed by atoms with E-state index in [9.17, 15) is 9.18 Å². The van der Waals surface area contributed by atoms with Gasteiger partial charge in [-0.15, -0.1) is 0 Å². The smallest absolute Gasteiger partial charge is 0.266 e. The number of aliphatic hydroxyl groups is 1. The number of hydrazine groups is 1. The van der Waals surface area contributed by atoms with E-state index in [1.807, 2.05) is 0 Å². The molecule has 0 radical (unpaired) electrons. The molecule has 1 amide bonds. The summed E-state index contributed by atoms with van der Waals surface area (Å²) in [5, 5.41) is 10.1. The van der Waals surface area contributed by atoms with E-state index in [1.165, 1.54) is 17.1 Å². The molecule has 0 unspecified atom stereocenters. The first kappa shape index (κ1) is 14.2. The summed E-state index contributed by atoms with van der Waals surface area (Å²) in [7, 11) is 3.32. The molecular formula is C13H15FN2O2. The maximum absolute atomic E-state index is 13.2. The lowest BCUT2D eigenvalue weighted by Crippen LogP contribution is -2.36. The lowest BCUT2D eigenvalue weighted by Gasteiger charge is -2.12. The van der Waals surface area contributed by atoms with Crippen LogP contribution in [0.1, 0.15) is 22.3 Å². The molecule has 0 saturated carbocycles. The van der Waals surface area contributed by atoms with Crippen LogP contribution in [-0.2, 0) is 0 Å². The van der Waals surface area contributed by atoms with Gasteiger partial charge in [-0.1, -0.05) is 11.8 Å². The lowest BCUT2D eigenvalue weighted by molar-refractivity contribution is 0.0856. The molecule has 4 nitrogen and oxygen atoms in total. The number of hydrogen-bond donors (Lipinski definition) is 2. The molecule has 1 aromatic carbocycles. The van der Waals surface area contributed by atoms with Crippen LogP contribution in [-0.4, -0.2) is 36.7 Å². The molecule has 0 bridgehead atoms. The molecule has 96 valence electrons. The van der Waals surface area contributed by atoms with Gasteiger partial charge in [0.25, 0.3) is 5.91 Å². The Balaban J connectivity index is 3.04. The maximum atomic E-state index is 13.2. The van der Waals surface area contributed by atoms with Gasteiger partial charge in [0.15, 0.2) is 0 Å². The standard InChI is InChI=1S/C13H15FN2O2/c1-16(2)15-13(18)12-9-11(14)7-6-10(12)5-3-4-8-17/h6-7,9,17H,4,8H2,1-2H3,(H,15,18). The zero-order valence-electron chi connectivity index (χ0n) is 10.3. The zero-order valence-corrected chi connectivity index (χ0v) is 10.3. The second-order valence-electron chi connectivity index (χ2n) is 3.80. The molecule has 0 aliphatic rings. The average Bonchev–Trinajstić information content (AvgIpc) is 2.30. The van der Waals surface area contributed by atoms with Crippen molar-refractivity contribution in [1.29, 1.82) is 0 Å². The van der Waals surface area contributed by atoms with Crippen LogP contribution in [0.5, 0.6) is 0 Å². The Morgan fingerprint density at radius 3 is 2.83 bits per heavy atom. The van der Waals surface area contributed by atoms with Gasteiger partial charge in [0.2, 0.25) is 0 Å². The summed E-state index contributed by atoms with van der Waals surface area (Å²) < 4.78 is 13.2. The van der Waals surface area contributed by atoms with Crippen molar-refractivity contribution in [2.45, 2.75) is 6.42 Å². The van der Waals surface area contributed by atoms with Crippen molar-refractivity contribution in [2.75, 3.05) is 20.7 Å². The Morgan fingerprint density at radius 2 is 2.22 bits per heavy atom. The molecule has 0 aliphatic carbocycles. The topological polar surface area (TPSA) is 52.6 Å². The van der Waals surface area contributed by atoms with E-state index >= 15 is 0 Å². The minimum Gasteiger partial charge on any atom is -0.395 e. The molecule has 0 fully saturated rings. The van der Waals surface area contributed by atoms with E-state index < -0.39 is 11.7 Å². The number of halogens is 1. The number of hydrogen-bond acceptors (Lipinski definition) is 3. The molecule has 1 rings (SSSR count). The molecule has 5 heteroatoms. The van der Waals surface area contributed by atoms with E-state index in [-0.39, 0.29) is 12.2 Å². The quantitative estimate of drug-likeness (QED) is 0.615. The molecule has 0 aromatic heterocycles. The fourth-order valence-electron chi connectivity index (χ4n) is 1.29. The second kappa shape index (κ2) is 6.74. The first-order valence-electron chi connectivity index (χ1n) is 5.42. The number of carbonyl (C=O) groups is 1. The summed E-state index contributed by atoms with van der Waals surface area (Å²) >= 11 is 0. The van der Waals surface area contributed by atoms with Gasteiger partial charge in [-0.2, -0.15) is 0 Å². The third-order valence-electron chi connectivity index (χ3n) is 2.01. The fraction of sp³-hybridized carbons (Fsp3) is 0.308. The predicted octanol–water partition coefficient (Wildman–Crippen LogP) is 0.766. The Hall–Kier alpha value is -1.90. The largest absolute Gasteiger partial charge is 0.395 e. The normalized spacial score (nSPS) is 9.83. The third-order valence-corrected chi connectivity index (χ3v) is 2.01. The summed E-state index contributed by atoms with van der Waals surface area (Å²) in [6.07, 6.45) is 0.312. The van der Waals surface area contributed by atoms with Crippen molar-refractivity contribution >= 4 is 5.91 Å². The maximum Gasteiger partial charge on any atom is 0.266 e. The minimum absolute atomic E-state index is 0.0482. The molecule has 0 saturated heterocycles. The second-order valence-corrected chi connectivity index (χ2v) is 3.80. The number of amides is 1. The highest BCUT2D eigenvalue weighted by molar-refractivity contribution is 5.96. The molecule has 0 heterocycles. The fourth-order valence-corrected chi connectivity index (χ4v) is 1.29. The van der Waals surface area contributed by atoms with E-state index in [1.54, 1.807) is 14.1 Å². The van der Waals surface area contributed by atoms with E-state index in [2.05, 4.69) is 17.3 Å². The molecule has 1 aromatic rings. The molecule has 0 atom stereocenters. The van der Waals surface area contributed by atoms with Gasteiger partial charge in [-0.3, -0.25) is 10.2 Å². The summed E-state index contributed by atoms with van der Waals surface area (Å²) in [6, 6.07) is 3.83. The highest BCUT2D eigenvalue weighted by Crippen LogP contribution is 2.10. The summed E-state index contributed by atoms with van der Waals surface area (Å²) in [4.78, 5) is 11.8. The predicted molar refractivity (Wildman–Crippen MR) is 66.1 cm³/mol. The molecular weight excluding hydrogens is 235 g/mol.